The number of aromatic amines is 1. The van der Waals surface area contributed by atoms with E-state index in [4.69, 9.17) is 18.0 Å². The van der Waals surface area contributed by atoms with Gasteiger partial charge in [0.1, 0.15) is 5.82 Å². The molecule has 0 amide bonds. The van der Waals surface area contributed by atoms with Crippen molar-refractivity contribution in [2.45, 2.75) is 25.2 Å². The molecule has 1 atom stereocenters. The molecule has 1 aromatic carbocycles. The molecule has 0 saturated heterocycles. The van der Waals surface area contributed by atoms with Crippen molar-refractivity contribution < 1.29 is 4.79 Å². The van der Waals surface area contributed by atoms with Crippen molar-refractivity contribution in [3.8, 4) is 6.07 Å². The number of carbonyl (C=O) groups excluding carboxylic acids is 1. The molecule has 0 saturated carbocycles. The van der Waals surface area contributed by atoms with Crippen LogP contribution in [0.1, 0.15) is 30.7 Å². The predicted octanol–water partition coefficient (Wildman–Crippen LogP) is 4.27. The molecule has 1 unspecified atom stereocenters. The standard InChI is InChI=1S/C18H14BrN5OS2/c19-10-4-1-3-9(7-10)14-11(8-20)16(21)24(17-22-23-18(26)27-17)12-5-2-6-13(25)15(12)14/h1,3-4,7,14H,2,5-6,21H2,(H,23,26). The fraction of sp³-hybridized carbons (Fsp3) is 0.222. The van der Waals surface area contributed by atoms with Crippen LogP contribution in [0.15, 0.2) is 51.4 Å². The first-order valence-electron chi connectivity index (χ1n) is 8.28. The molecule has 1 aromatic heterocycles. The number of Topliss-reactive ketones (excluding diaryl/α,β-unsaturated/α-hetero) is 1. The highest BCUT2D eigenvalue weighted by Crippen LogP contribution is 2.46. The smallest absolute Gasteiger partial charge is 0.216 e. The van der Waals surface area contributed by atoms with Crippen LogP contribution in [0.25, 0.3) is 0 Å². The van der Waals surface area contributed by atoms with Crippen LogP contribution < -0.4 is 10.6 Å². The van der Waals surface area contributed by atoms with Gasteiger partial charge in [-0.15, -0.1) is 5.10 Å². The molecule has 0 bridgehead atoms. The number of allylic oxidation sites excluding steroid dienone is 3. The molecular weight excluding hydrogens is 446 g/mol. The molecule has 6 nitrogen and oxygen atoms in total. The molecule has 2 heterocycles. The minimum Gasteiger partial charge on any atom is -0.384 e. The fourth-order valence-electron chi connectivity index (χ4n) is 3.64. The molecule has 27 heavy (non-hydrogen) atoms. The van der Waals surface area contributed by atoms with Gasteiger partial charge in [0.05, 0.1) is 17.6 Å². The van der Waals surface area contributed by atoms with Gasteiger partial charge < -0.3 is 5.73 Å². The summed E-state index contributed by atoms with van der Waals surface area (Å²) in [6.07, 6.45) is 1.90. The largest absolute Gasteiger partial charge is 0.384 e. The van der Waals surface area contributed by atoms with Crippen LogP contribution in [0, 0.1) is 15.3 Å². The van der Waals surface area contributed by atoms with Crippen molar-refractivity contribution in [2.75, 3.05) is 4.90 Å². The molecule has 2 aromatic rings. The third-order valence-corrected chi connectivity index (χ3v) is 6.28. The molecule has 4 rings (SSSR count). The quantitative estimate of drug-likeness (QED) is 0.650. The molecule has 0 radical (unpaired) electrons. The van der Waals surface area contributed by atoms with Gasteiger partial charge in [0, 0.05) is 22.2 Å². The van der Waals surface area contributed by atoms with E-state index in [9.17, 15) is 10.1 Å². The molecule has 0 spiro atoms. The van der Waals surface area contributed by atoms with E-state index < -0.39 is 5.92 Å². The van der Waals surface area contributed by atoms with Gasteiger partial charge in [-0.05, 0) is 42.8 Å². The summed E-state index contributed by atoms with van der Waals surface area (Å²) in [5.74, 6) is -0.127. The number of anilines is 1. The van der Waals surface area contributed by atoms with E-state index >= 15 is 0 Å². The fourth-order valence-corrected chi connectivity index (χ4v) is 4.98. The van der Waals surface area contributed by atoms with Crippen molar-refractivity contribution >= 4 is 50.4 Å². The Bertz CT molecular complexity index is 1110. The average molecular weight is 460 g/mol. The van der Waals surface area contributed by atoms with Crippen molar-refractivity contribution in [3.05, 3.63) is 60.9 Å². The number of hydrogen-bond acceptors (Lipinski definition) is 7. The molecule has 1 aliphatic heterocycles. The van der Waals surface area contributed by atoms with Crippen LogP contribution >= 0.6 is 39.5 Å². The number of aromatic nitrogens is 2. The summed E-state index contributed by atoms with van der Waals surface area (Å²) in [6, 6.07) is 9.88. The molecule has 3 N–H and O–H groups in total. The van der Waals surface area contributed by atoms with Gasteiger partial charge in [0.15, 0.2) is 9.74 Å². The van der Waals surface area contributed by atoms with Crippen LogP contribution in [0.2, 0.25) is 0 Å². The number of nitrogens with zero attached hydrogens (tertiary/aromatic N) is 3. The zero-order chi connectivity index (χ0) is 19.1. The van der Waals surface area contributed by atoms with E-state index in [0.717, 1.165) is 22.2 Å². The maximum Gasteiger partial charge on any atom is 0.216 e. The molecule has 1 aliphatic carbocycles. The number of carbonyl (C=O) groups is 1. The Labute approximate surface area is 173 Å². The topological polar surface area (TPSA) is 98.8 Å². The third kappa shape index (κ3) is 3.04. The molecular formula is C18H14BrN5OS2. The van der Waals surface area contributed by atoms with E-state index in [-0.39, 0.29) is 5.78 Å². The van der Waals surface area contributed by atoms with E-state index in [2.05, 4.69) is 32.2 Å². The molecule has 136 valence electrons. The molecule has 9 heteroatoms. The predicted molar refractivity (Wildman–Crippen MR) is 109 cm³/mol. The monoisotopic (exact) mass is 459 g/mol. The van der Waals surface area contributed by atoms with Crippen LogP contribution in [-0.2, 0) is 4.79 Å². The second-order valence-corrected chi connectivity index (χ2v) is 8.83. The number of hydrogen-bond donors (Lipinski definition) is 2. The Morgan fingerprint density at radius 2 is 2.26 bits per heavy atom. The van der Waals surface area contributed by atoms with Crippen molar-refractivity contribution in [1.29, 1.82) is 5.26 Å². The maximum absolute atomic E-state index is 12.9. The van der Waals surface area contributed by atoms with Crippen LogP contribution in [0.3, 0.4) is 0 Å². The summed E-state index contributed by atoms with van der Waals surface area (Å²) < 4.78 is 1.39. The summed E-state index contributed by atoms with van der Waals surface area (Å²) in [6.45, 7) is 0. The van der Waals surface area contributed by atoms with E-state index in [1.165, 1.54) is 11.3 Å². The number of nitrogens with two attached hydrogens (primary N) is 1. The first kappa shape index (κ1) is 18.1. The number of rotatable bonds is 2. The van der Waals surface area contributed by atoms with Gasteiger partial charge in [0.2, 0.25) is 5.13 Å². The second-order valence-electron chi connectivity index (χ2n) is 6.27. The van der Waals surface area contributed by atoms with Gasteiger partial charge in [-0.25, -0.2) is 0 Å². The third-order valence-electron chi connectivity index (χ3n) is 4.71. The lowest BCUT2D eigenvalue weighted by Gasteiger charge is -2.38. The summed E-state index contributed by atoms with van der Waals surface area (Å²) in [5, 5.41) is 17.4. The van der Waals surface area contributed by atoms with Gasteiger partial charge in [-0.1, -0.05) is 39.4 Å². The number of nitriles is 1. The van der Waals surface area contributed by atoms with Crippen molar-refractivity contribution in [2.24, 2.45) is 5.73 Å². The molecule has 0 fully saturated rings. The Hall–Kier alpha value is -2.28. The average Bonchev–Trinajstić information content (AvgIpc) is 3.06. The van der Waals surface area contributed by atoms with Gasteiger partial charge >= 0.3 is 0 Å². The van der Waals surface area contributed by atoms with Crippen LogP contribution in [0.5, 0.6) is 0 Å². The number of benzene rings is 1. The van der Waals surface area contributed by atoms with E-state index in [0.29, 0.717) is 38.9 Å². The summed E-state index contributed by atoms with van der Waals surface area (Å²) in [5.41, 5.74) is 9.09. The number of ketones is 1. The van der Waals surface area contributed by atoms with E-state index in [1.807, 2.05) is 24.3 Å². The van der Waals surface area contributed by atoms with E-state index in [1.54, 1.807) is 4.90 Å². The number of halogens is 1. The number of nitrogens with one attached hydrogen (secondary N) is 1. The SMILES string of the molecule is N#CC1=C(N)N(c2n[nH]c(=S)s2)C2=C(C(=O)CCC2)C1c1cccc(Br)c1. The number of H-pyrrole nitrogens is 1. The maximum atomic E-state index is 12.9. The summed E-state index contributed by atoms with van der Waals surface area (Å²) >= 11 is 9.89. The lowest BCUT2D eigenvalue weighted by molar-refractivity contribution is -0.116. The highest BCUT2D eigenvalue weighted by Gasteiger charge is 2.41. The minimum absolute atomic E-state index is 0.0469. The van der Waals surface area contributed by atoms with Gasteiger partial charge in [-0.2, -0.15) is 5.26 Å². The van der Waals surface area contributed by atoms with Gasteiger partial charge in [0.25, 0.3) is 0 Å². The minimum atomic E-state index is -0.474. The lowest BCUT2D eigenvalue weighted by atomic mass is 9.76. The highest BCUT2D eigenvalue weighted by molar-refractivity contribution is 9.10. The zero-order valence-corrected chi connectivity index (χ0v) is 17.2. The lowest BCUT2D eigenvalue weighted by Crippen LogP contribution is -2.38. The Kier molecular flexibility index (Phi) is 4.72. The summed E-state index contributed by atoms with van der Waals surface area (Å²) in [7, 11) is 0. The second kappa shape index (κ2) is 7.03. The van der Waals surface area contributed by atoms with Crippen LogP contribution in [-0.4, -0.2) is 16.0 Å². The first-order valence-corrected chi connectivity index (χ1v) is 10.3. The summed E-state index contributed by atoms with van der Waals surface area (Å²) in [4.78, 5) is 14.7. The highest BCUT2D eigenvalue weighted by atomic mass is 79.9. The Morgan fingerprint density at radius 1 is 1.44 bits per heavy atom. The van der Waals surface area contributed by atoms with Crippen LogP contribution in [0.4, 0.5) is 5.13 Å². The Balaban J connectivity index is 1.99. The first-order chi connectivity index (χ1) is 13.0. The Morgan fingerprint density at radius 3 is 2.93 bits per heavy atom. The van der Waals surface area contributed by atoms with Crippen molar-refractivity contribution in [1.82, 2.24) is 10.2 Å². The van der Waals surface area contributed by atoms with Gasteiger partial charge in [-0.3, -0.25) is 14.8 Å². The van der Waals surface area contributed by atoms with Crippen molar-refractivity contribution in [3.63, 3.8) is 0 Å². The molecule has 2 aliphatic rings. The normalized spacial score (nSPS) is 19.9. The zero-order valence-electron chi connectivity index (χ0n) is 14.0.